The lowest BCUT2D eigenvalue weighted by atomic mass is 10.2. The summed E-state index contributed by atoms with van der Waals surface area (Å²) in [7, 11) is 3.12. The van der Waals surface area contributed by atoms with Crippen molar-refractivity contribution in [2.45, 2.75) is 6.92 Å². The van der Waals surface area contributed by atoms with E-state index in [9.17, 15) is 9.59 Å². The van der Waals surface area contributed by atoms with Gasteiger partial charge in [0.25, 0.3) is 5.91 Å². The lowest BCUT2D eigenvalue weighted by Crippen LogP contribution is -2.38. The number of aromatic nitrogens is 2. The first-order chi connectivity index (χ1) is 18.3. The highest BCUT2D eigenvalue weighted by molar-refractivity contribution is 6.33. The summed E-state index contributed by atoms with van der Waals surface area (Å²) >= 11 is 12.3. The molecule has 38 heavy (non-hydrogen) atoms. The van der Waals surface area contributed by atoms with Crippen molar-refractivity contribution < 1.29 is 19.1 Å². The first-order valence-corrected chi connectivity index (χ1v) is 12.5. The van der Waals surface area contributed by atoms with E-state index in [1.54, 1.807) is 86.5 Å². The molecule has 0 fully saturated rings. The normalized spacial score (nSPS) is 10.7. The van der Waals surface area contributed by atoms with Crippen LogP contribution in [0.1, 0.15) is 17.3 Å². The number of anilines is 1. The Bertz CT molecular complexity index is 1430. The van der Waals surface area contributed by atoms with E-state index >= 15 is 0 Å². The fourth-order valence-corrected chi connectivity index (χ4v) is 4.17. The predicted octanol–water partition coefficient (Wildman–Crippen LogP) is 5.96. The van der Waals surface area contributed by atoms with Crippen LogP contribution in [0.4, 0.5) is 5.95 Å². The summed E-state index contributed by atoms with van der Waals surface area (Å²) in [6.45, 7) is 1.92. The SMILES string of the molecule is CCN(CC(=O)Nc1nc(-c2ccc(Cl)cc2)cn1-c1cc(OC)cc(OC)c1)C(=O)c1ccccc1Cl. The van der Waals surface area contributed by atoms with Crippen LogP contribution in [0.25, 0.3) is 16.9 Å². The monoisotopic (exact) mass is 552 g/mol. The number of rotatable bonds is 9. The van der Waals surface area contributed by atoms with Crippen molar-refractivity contribution in [3.63, 3.8) is 0 Å². The van der Waals surface area contributed by atoms with Crippen LogP contribution in [0, 0.1) is 0 Å². The van der Waals surface area contributed by atoms with Gasteiger partial charge in [-0.25, -0.2) is 4.98 Å². The number of imidazole rings is 1. The maximum Gasteiger partial charge on any atom is 0.255 e. The van der Waals surface area contributed by atoms with Crippen molar-refractivity contribution >= 4 is 41.0 Å². The Hall–Kier alpha value is -4.01. The molecule has 0 atom stereocenters. The maximum absolute atomic E-state index is 13.2. The summed E-state index contributed by atoms with van der Waals surface area (Å²) in [5, 5.41) is 3.77. The zero-order valence-electron chi connectivity index (χ0n) is 21.1. The molecule has 2 amide bonds. The standard InChI is InChI=1S/C28H26Cl2N4O4/c1-4-33(27(36)23-7-5-6-8-24(23)30)17-26(35)32-28-31-25(18-9-11-19(29)12-10-18)16-34(28)20-13-21(37-2)15-22(14-20)38-3/h5-16H,4,17H2,1-3H3,(H,31,32,35). The van der Waals surface area contributed by atoms with Crippen LogP contribution in [0.5, 0.6) is 11.5 Å². The Morgan fingerprint density at radius 3 is 2.24 bits per heavy atom. The molecular weight excluding hydrogens is 527 g/mol. The number of nitrogens with zero attached hydrogens (tertiary/aromatic N) is 3. The minimum Gasteiger partial charge on any atom is -0.497 e. The van der Waals surface area contributed by atoms with Crippen molar-refractivity contribution in [2.24, 2.45) is 0 Å². The van der Waals surface area contributed by atoms with Crippen LogP contribution in [0.2, 0.25) is 10.0 Å². The molecule has 0 aliphatic carbocycles. The summed E-state index contributed by atoms with van der Waals surface area (Å²) in [6.07, 6.45) is 1.79. The van der Waals surface area contributed by atoms with Gasteiger partial charge in [-0.1, -0.05) is 47.5 Å². The van der Waals surface area contributed by atoms with Crippen molar-refractivity contribution in [2.75, 3.05) is 32.6 Å². The van der Waals surface area contributed by atoms with Gasteiger partial charge >= 0.3 is 0 Å². The summed E-state index contributed by atoms with van der Waals surface area (Å²) in [4.78, 5) is 32.3. The molecule has 0 saturated carbocycles. The average Bonchev–Trinajstić information content (AvgIpc) is 3.35. The van der Waals surface area contributed by atoms with E-state index in [1.807, 2.05) is 12.1 Å². The molecule has 0 unspecified atom stereocenters. The molecule has 8 nitrogen and oxygen atoms in total. The van der Waals surface area contributed by atoms with E-state index in [2.05, 4.69) is 10.3 Å². The highest BCUT2D eigenvalue weighted by Gasteiger charge is 2.21. The second-order valence-electron chi connectivity index (χ2n) is 8.24. The highest BCUT2D eigenvalue weighted by Crippen LogP contribution is 2.30. The van der Waals surface area contributed by atoms with Gasteiger partial charge in [0.1, 0.15) is 18.0 Å². The fraction of sp³-hybridized carbons (Fsp3) is 0.179. The smallest absolute Gasteiger partial charge is 0.255 e. The van der Waals surface area contributed by atoms with Crippen LogP contribution in [-0.4, -0.2) is 53.6 Å². The van der Waals surface area contributed by atoms with Gasteiger partial charge in [-0.2, -0.15) is 0 Å². The number of likely N-dealkylation sites (N-methyl/N-ethyl adjacent to an activating group) is 1. The quantitative estimate of drug-likeness (QED) is 0.276. The zero-order chi connectivity index (χ0) is 27.2. The number of halogens is 2. The molecule has 0 radical (unpaired) electrons. The first-order valence-electron chi connectivity index (χ1n) is 11.7. The third kappa shape index (κ3) is 6.10. The number of methoxy groups -OCH3 is 2. The summed E-state index contributed by atoms with van der Waals surface area (Å²) in [5.41, 5.74) is 2.41. The Morgan fingerprint density at radius 1 is 0.974 bits per heavy atom. The molecule has 4 aromatic rings. The van der Waals surface area contributed by atoms with Gasteiger partial charge in [0.05, 0.1) is 36.2 Å². The van der Waals surface area contributed by atoms with Crippen molar-refractivity contribution in [3.8, 4) is 28.4 Å². The van der Waals surface area contributed by atoms with E-state index in [0.29, 0.717) is 45.0 Å². The second-order valence-corrected chi connectivity index (χ2v) is 9.09. The molecule has 0 aliphatic rings. The van der Waals surface area contributed by atoms with Gasteiger partial charge in [0.2, 0.25) is 11.9 Å². The highest BCUT2D eigenvalue weighted by atomic mass is 35.5. The first kappa shape index (κ1) is 27.0. The molecule has 3 aromatic carbocycles. The Morgan fingerprint density at radius 2 is 1.63 bits per heavy atom. The molecule has 1 aromatic heterocycles. The van der Waals surface area contributed by atoms with Crippen molar-refractivity contribution in [1.82, 2.24) is 14.5 Å². The molecule has 4 rings (SSSR count). The molecule has 196 valence electrons. The van der Waals surface area contributed by atoms with E-state index < -0.39 is 5.91 Å². The van der Waals surface area contributed by atoms with Crippen LogP contribution in [0.15, 0.2) is 72.9 Å². The lowest BCUT2D eigenvalue weighted by molar-refractivity contribution is -0.116. The third-order valence-electron chi connectivity index (χ3n) is 5.82. The van der Waals surface area contributed by atoms with E-state index in [1.165, 1.54) is 4.90 Å². The van der Waals surface area contributed by atoms with Gasteiger partial charge in [-0.05, 0) is 31.2 Å². The van der Waals surface area contributed by atoms with Crippen LogP contribution >= 0.6 is 23.2 Å². The Kier molecular flexibility index (Phi) is 8.55. The number of nitrogens with one attached hydrogen (secondary N) is 1. The lowest BCUT2D eigenvalue weighted by Gasteiger charge is -2.21. The maximum atomic E-state index is 13.2. The Balaban J connectivity index is 1.67. The zero-order valence-corrected chi connectivity index (χ0v) is 22.6. The largest absolute Gasteiger partial charge is 0.497 e. The molecular formula is C28H26Cl2N4O4. The van der Waals surface area contributed by atoms with E-state index in [4.69, 9.17) is 32.7 Å². The third-order valence-corrected chi connectivity index (χ3v) is 6.40. The van der Waals surface area contributed by atoms with Crippen LogP contribution in [0.3, 0.4) is 0 Å². The molecule has 0 saturated heterocycles. The number of carbonyl (C=O) groups excluding carboxylic acids is 2. The summed E-state index contributed by atoms with van der Waals surface area (Å²) in [5.74, 6) is 0.644. The van der Waals surface area contributed by atoms with Crippen molar-refractivity contribution in [3.05, 3.63) is 88.5 Å². The molecule has 1 N–H and O–H groups in total. The number of hydrogen-bond acceptors (Lipinski definition) is 5. The van der Waals surface area contributed by atoms with Crippen LogP contribution in [-0.2, 0) is 4.79 Å². The van der Waals surface area contributed by atoms with Gasteiger partial charge in [0.15, 0.2) is 0 Å². The van der Waals surface area contributed by atoms with Crippen molar-refractivity contribution in [1.29, 1.82) is 0 Å². The molecule has 0 bridgehead atoms. The number of benzene rings is 3. The van der Waals surface area contributed by atoms with E-state index in [-0.39, 0.29) is 18.4 Å². The van der Waals surface area contributed by atoms with Gasteiger partial charge in [-0.3, -0.25) is 19.5 Å². The molecule has 10 heteroatoms. The average molecular weight is 553 g/mol. The molecule has 0 aliphatic heterocycles. The van der Waals surface area contributed by atoms with Gasteiger partial charge < -0.3 is 14.4 Å². The number of amides is 2. The van der Waals surface area contributed by atoms with Crippen LogP contribution < -0.4 is 14.8 Å². The van der Waals surface area contributed by atoms with Gasteiger partial charge in [0, 0.05) is 41.5 Å². The topological polar surface area (TPSA) is 85.7 Å². The minimum absolute atomic E-state index is 0.189. The van der Waals surface area contributed by atoms with Gasteiger partial charge in [-0.15, -0.1) is 0 Å². The summed E-state index contributed by atoms with van der Waals surface area (Å²) < 4.78 is 12.6. The Labute approximate surface area is 230 Å². The number of ether oxygens (including phenoxy) is 2. The summed E-state index contributed by atoms with van der Waals surface area (Å²) in [6, 6.07) is 19.3. The fourth-order valence-electron chi connectivity index (χ4n) is 3.83. The molecule has 1 heterocycles. The minimum atomic E-state index is -0.420. The predicted molar refractivity (Wildman–Crippen MR) is 149 cm³/mol. The van der Waals surface area contributed by atoms with E-state index in [0.717, 1.165) is 5.56 Å². The number of carbonyl (C=O) groups is 2. The second kappa shape index (κ2) is 12.0. The molecule has 0 spiro atoms. The number of hydrogen-bond donors (Lipinski definition) is 1.